The van der Waals surface area contributed by atoms with Crippen molar-refractivity contribution >= 4 is 11.6 Å². The number of hydrogen-bond donors (Lipinski definition) is 1. The second-order valence-electron chi connectivity index (χ2n) is 6.84. The number of ether oxygens (including phenoxy) is 2. The molecule has 0 unspecified atom stereocenters. The van der Waals surface area contributed by atoms with E-state index in [-0.39, 0.29) is 18.2 Å². The second-order valence-corrected chi connectivity index (χ2v) is 6.84. The van der Waals surface area contributed by atoms with Gasteiger partial charge in [-0.3, -0.25) is 14.9 Å². The summed E-state index contributed by atoms with van der Waals surface area (Å²) in [6, 6.07) is 13.4. The molecule has 2 aromatic carbocycles. The van der Waals surface area contributed by atoms with Crippen LogP contribution in [-0.2, 0) is 11.3 Å². The van der Waals surface area contributed by atoms with Crippen molar-refractivity contribution in [1.29, 1.82) is 0 Å². The molecule has 0 bridgehead atoms. The zero-order valence-electron chi connectivity index (χ0n) is 15.6. The highest BCUT2D eigenvalue weighted by Gasteiger charge is 2.14. The summed E-state index contributed by atoms with van der Waals surface area (Å²) in [6.07, 6.45) is 6.31. The van der Waals surface area contributed by atoms with E-state index < -0.39 is 4.92 Å². The number of hydrogen-bond acceptors (Lipinski definition) is 5. The molecule has 0 spiro atoms. The molecular formula is C21H24N2O5. The van der Waals surface area contributed by atoms with Crippen molar-refractivity contribution in [3.63, 3.8) is 0 Å². The van der Waals surface area contributed by atoms with Crippen LogP contribution >= 0.6 is 0 Å². The van der Waals surface area contributed by atoms with Gasteiger partial charge in [-0.2, -0.15) is 0 Å². The van der Waals surface area contributed by atoms with Crippen molar-refractivity contribution in [2.24, 2.45) is 0 Å². The van der Waals surface area contributed by atoms with Crippen LogP contribution in [0.15, 0.2) is 48.5 Å². The van der Waals surface area contributed by atoms with Gasteiger partial charge in [0, 0.05) is 18.7 Å². The number of carbonyl (C=O) groups excluding carboxylic acids is 1. The van der Waals surface area contributed by atoms with Crippen molar-refractivity contribution in [2.75, 3.05) is 6.61 Å². The highest BCUT2D eigenvalue weighted by atomic mass is 16.6. The molecule has 1 amide bonds. The van der Waals surface area contributed by atoms with Crippen molar-refractivity contribution in [3.8, 4) is 11.5 Å². The van der Waals surface area contributed by atoms with E-state index in [9.17, 15) is 14.9 Å². The van der Waals surface area contributed by atoms with Crippen LogP contribution < -0.4 is 14.8 Å². The fourth-order valence-electron chi connectivity index (χ4n) is 3.13. The van der Waals surface area contributed by atoms with Gasteiger partial charge in [-0.1, -0.05) is 18.6 Å². The SMILES string of the molecule is O=C(COc1ccc([N+](=O)[O-])cc1)NCc1ccc(OC2CCCCC2)cc1. The molecule has 0 heterocycles. The van der Waals surface area contributed by atoms with Crippen LogP contribution in [0.3, 0.4) is 0 Å². The Kier molecular flexibility index (Phi) is 6.84. The molecule has 7 nitrogen and oxygen atoms in total. The predicted molar refractivity (Wildman–Crippen MR) is 104 cm³/mol. The first kappa shape index (κ1) is 19.7. The Morgan fingerprint density at radius 3 is 2.29 bits per heavy atom. The van der Waals surface area contributed by atoms with E-state index in [1.165, 1.54) is 43.5 Å². The van der Waals surface area contributed by atoms with Gasteiger partial charge in [-0.05, 0) is 55.5 Å². The second kappa shape index (κ2) is 9.73. The number of nitrogens with one attached hydrogen (secondary N) is 1. The molecule has 28 heavy (non-hydrogen) atoms. The number of nitrogens with zero attached hydrogens (tertiary/aromatic N) is 1. The third kappa shape index (κ3) is 5.97. The van der Waals surface area contributed by atoms with Gasteiger partial charge in [0.05, 0.1) is 11.0 Å². The van der Waals surface area contributed by atoms with Crippen LogP contribution in [0.2, 0.25) is 0 Å². The number of amides is 1. The van der Waals surface area contributed by atoms with Gasteiger partial charge in [0.1, 0.15) is 11.5 Å². The molecule has 2 aromatic rings. The van der Waals surface area contributed by atoms with Crippen LogP contribution in [0.5, 0.6) is 11.5 Å². The topological polar surface area (TPSA) is 90.7 Å². The molecule has 1 aliphatic rings. The van der Waals surface area contributed by atoms with Crippen LogP contribution in [0.4, 0.5) is 5.69 Å². The summed E-state index contributed by atoms with van der Waals surface area (Å²) in [5.74, 6) is 1.01. The Labute approximate surface area is 163 Å². The molecule has 0 aromatic heterocycles. The Balaban J connectivity index is 1.39. The summed E-state index contributed by atoms with van der Waals surface area (Å²) < 4.78 is 11.3. The van der Waals surface area contributed by atoms with E-state index >= 15 is 0 Å². The molecule has 1 aliphatic carbocycles. The lowest BCUT2D eigenvalue weighted by Crippen LogP contribution is -2.28. The Morgan fingerprint density at radius 2 is 1.64 bits per heavy atom. The Hall–Kier alpha value is -3.09. The zero-order valence-corrected chi connectivity index (χ0v) is 15.6. The van der Waals surface area contributed by atoms with E-state index in [2.05, 4.69) is 5.32 Å². The van der Waals surface area contributed by atoms with Gasteiger partial charge in [-0.25, -0.2) is 0 Å². The van der Waals surface area contributed by atoms with E-state index in [0.717, 1.165) is 24.2 Å². The summed E-state index contributed by atoms with van der Waals surface area (Å²) in [6.45, 7) is 0.243. The van der Waals surface area contributed by atoms with Crippen LogP contribution in [0.25, 0.3) is 0 Å². The monoisotopic (exact) mass is 384 g/mol. The summed E-state index contributed by atoms with van der Waals surface area (Å²) in [4.78, 5) is 22.1. The van der Waals surface area contributed by atoms with Crippen LogP contribution in [-0.4, -0.2) is 23.5 Å². The lowest BCUT2D eigenvalue weighted by atomic mass is 9.98. The minimum atomic E-state index is -0.484. The highest BCUT2D eigenvalue weighted by Crippen LogP contribution is 2.23. The quantitative estimate of drug-likeness (QED) is 0.549. The zero-order chi connectivity index (χ0) is 19.8. The number of benzene rings is 2. The lowest BCUT2D eigenvalue weighted by molar-refractivity contribution is -0.384. The van der Waals surface area contributed by atoms with Gasteiger partial charge in [0.15, 0.2) is 6.61 Å². The van der Waals surface area contributed by atoms with Crippen molar-refractivity contribution in [3.05, 3.63) is 64.2 Å². The normalized spacial score (nSPS) is 14.3. The maximum atomic E-state index is 11.9. The van der Waals surface area contributed by atoms with Gasteiger partial charge < -0.3 is 14.8 Å². The third-order valence-electron chi connectivity index (χ3n) is 4.69. The fourth-order valence-corrected chi connectivity index (χ4v) is 3.13. The number of carbonyl (C=O) groups is 1. The minimum absolute atomic E-state index is 0.0206. The molecule has 1 N–H and O–H groups in total. The van der Waals surface area contributed by atoms with Gasteiger partial charge in [0.2, 0.25) is 0 Å². The average molecular weight is 384 g/mol. The number of nitro groups is 1. The van der Waals surface area contributed by atoms with E-state index in [0.29, 0.717) is 18.4 Å². The summed E-state index contributed by atoms with van der Waals surface area (Å²) in [7, 11) is 0. The molecule has 3 rings (SSSR count). The average Bonchev–Trinajstić information content (AvgIpc) is 2.73. The number of rotatable bonds is 8. The van der Waals surface area contributed by atoms with E-state index in [1.807, 2.05) is 24.3 Å². The molecule has 7 heteroatoms. The first-order valence-corrected chi connectivity index (χ1v) is 9.50. The van der Waals surface area contributed by atoms with Crippen LogP contribution in [0, 0.1) is 10.1 Å². The molecular weight excluding hydrogens is 360 g/mol. The lowest BCUT2D eigenvalue weighted by Gasteiger charge is -2.23. The molecule has 1 saturated carbocycles. The first-order chi connectivity index (χ1) is 13.6. The highest BCUT2D eigenvalue weighted by molar-refractivity contribution is 5.77. The third-order valence-corrected chi connectivity index (χ3v) is 4.69. The maximum Gasteiger partial charge on any atom is 0.269 e. The molecule has 0 atom stereocenters. The standard InChI is InChI=1S/C21H24N2O5/c24-21(15-27-18-12-8-17(9-13-18)23(25)26)22-14-16-6-10-20(11-7-16)28-19-4-2-1-3-5-19/h6-13,19H,1-5,14-15H2,(H,22,24). The maximum absolute atomic E-state index is 11.9. The Morgan fingerprint density at radius 1 is 1.00 bits per heavy atom. The number of nitro benzene ring substituents is 1. The smallest absolute Gasteiger partial charge is 0.269 e. The Bertz CT molecular complexity index is 783. The first-order valence-electron chi connectivity index (χ1n) is 9.50. The molecule has 0 aliphatic heterocycles. The largest absolute Gasteiger partial charge is 0.490 e. The van der Waals surface area contributed by atoms with Gasteiger partial charge >= 0.3 is 0 Å². The summed E-state index contributed by atoms with van der Waals surface area (Å²) in [5.41, 5.74) is 0.951. The van der Waals surface area contributed by atoms with Crippen LogP contribution in [0.1, 0.15) is 37.7 Å². The minimum Gasteiger partial charge on any atom is -0.490 e. The van der Waals surface area contributed by atoms with E-state index in [1.54, 1.807) is 0 Å². The molecule has 0 saturated heterocycles. The van der Waals surface area contributed by atoms with Gasteiger partial charge in [-0.15, -0.1) is 0 Å². The molecule has 1 fully saturated rings. The molecule has 148 valence electrons. The van der Waals surface area contributed by atoms with Crippen molar-refractivity contribution in [2.45, 2.75) is 44.8 Å². The predicted octanol–water partition coefficient (Wildman–Crippen LogP) is 4.00. The van der Waals surface area contributed by atoms with Crippen molar-refractivity contribution < 1.29 is 19.2 Å². The fraction of sp³-hybridized carbons (Fsp3) is 0.381. The van der Waals surface area contributed by atoms with E-state index in [4.69, 9.17) is 9.47 Å². The molecule has 0 radical (unpaired) electrons. The number of non-ortho nitro benzene ring substituents is 1. The summed E-state index contributed by atoms with van der Waals surface area (Å²) in [5, 5.41) is 13.4. The summed E-state index contributed by atoms with van der Waals surface area (Å²) >= 11 is 0. The van der Waals surface area contributed by atoms with Gasteiger partial charge in [0.25, 0.3) is 11.6 Å². The van der Waals surface area contributed by atoms with Crippen molar-refractivity contribution in [1.82, 2.24) is 5.32 Å².